The van der Waals surface area contributed by atoms with E-state index in [1.807, 2.05) is 0 Å². The van der Waals surface area contributed by atoms with Gasteiger partial charge in [0.1, 0.15) is 5.75 Å². The SMILES string of the molecule is Cc1cc(OCC(=O)Nc2ccccc2C(F)(F)F)cc(C)c1Cl. The lowest BCUT2D eigenvalue weighted by atomic mass is 10.1. The summed E-state index contributed by atoms with van der Waals surface area (Å²) in [7, 11) is 0. The molecular formula is C17H15ClF3NO2. The number of para-hydroxylation sites is 1. The molecule has 1 N–H and O–H groups in total. The molecule has 0 radical (unpaired) electrons. The van der Waals surface area contributed by atoms with Crippen LogP contribution >= 0.6 is 11.6 Å². The number of alkyl halides is 3. The summed E-state index contributed by atoms with van der Waals surface area (Å²) in [5.41, 5.74) is 0.364. The quantitative estimate of drug-likeness (QED) is 0.836. The maximum atomic E-state index is 12.9. The lowest BCUT2D eigenvalue weighted by Crippen LogP contribution is -2.22. The van der Waals surface area contributed by atoms with Crippen LogP contribution in [-0.4, -0.2) is 12.5 Å². The fraction of sp³-hybridized carbons (Fsp3) is 0.235. The van der Waals surface area contributed by atoms with E-state index in [0.717, 1.165) is 17.2 Å². The highest BCUT2D eigenvalue weighted by Gasteiger charge is 2.33. The Balaban J connectivity index is 2.05. The third-order valence-corrected chi connectivity index (χ3v) is 3.88. The number of halogens is 4. The summed E-state index contributed by atoms with van der Waals surface area (Å²) >= 11 is 6.04. The van der Waals surface area contributed by atoms with Crippen molar-refractivity contribution in [1.29, 1.82) is 0 Å². The molecule has 0 aromatic heterocycles. The van der Waals surface area contributed by atoms with Gasteiger partial charge in [0.15, 0.2) is 6.61 Å². The van der Waals surface area contributed by atoms with E-state index in [2.05, 4.69) is 5.32 Å². The number of rotatable bonds is 4. The normalized spacial score (nSPS) is 11.2. The molecule has 3 nitrogen and oxygen atoms in total. The smallest absolute Gasteiger partial charge is 0.418 e. The van der Waals surface area contributed by atoms with E-state index in [9.17, 15) is 18.0 Å². The maximum absolute atomic E-state index is 12.9. The Morgan fingerprint density at radius 1 is 1.17 bits per heavy atom. The maximum Gasteiger partial charge on any atom is 0.418 e. The number of benzene rings is 2. The van der Waals surface area contributed by atoms with Crippen molar-refractivity contribution < 1.29 is 22.7 Å². The number of carbonyl (C=O) groups excluding carboxylic acids is 1. The average molecular weight is 358 g/mol. The van der Waals surface area contributed by atoms with Crippen LogP contribution in [0, 0.1) is 13.8 Å². The molecule has 0 heterocycles. The van der Waals surface area contributed by atoms with E-state index in [1.54, 1.807) is 26.0 Å². The second-order valence-corrected chi connectivity index (χ2v) is 5.63. The summed E-state index contributed by atoms with van der Waals surface area (Å²) in [5, 5.41) is 2.82. The molecule has 0 fully saturated rings. The van der Waals surface area contributed by atoms with Crippen molar-refractivity contribution in [3.8, 4) is 5.75 Å². The van der Waals surface area contributed by atoms with Gasteiger partial charge in [-0.2, -0.15) is 13.2 Å². The molecule has 0 atom stereocenters. The number of anilines is 1. The summed E-state index contributed by atoms with van der Waals surface area (Å²) in [5.74, 6) is -0.259. The molecule has 2 aromatic carbocycles. The molecule has 0 spiro atoms. The van der Waals surface area contributed by atoms with Crippen molar-refractivity contribution in [1.82, 2.24) is 0 Å². The standard InChI is InChI=1S/C17H15ClF3NO2/c1-10-7-12(8-11(2)16(10)18)24-9-15(23)22-14-6-4-3-5-13(14)17(19,20)21/h3-8H,9H2,1-2H3,(H,22,23). The van der Waals surface area contributed by atoms with Crippen LogP contribution < -0.4 is 10.1 Å². The Kier molecular flexibility index (Phi) is 5.39. The molecule has 0 bridgehead atoms. The van der Waals surface area contributed by atoms with Gasteiger partial charge in [-0.1, -0.05) is 23.7 Å². The first-order valence-corrected chi connectivity index (χ1v) is 7.42. The fourth-order valence-electron chi connectivity index (χ4n) is 2.16. The van der Waals surface area contributed by atoms with Gasteiger partial charge in [-0.05, 0) is 49.2 Å². The zero-order chi connectivity index (χ0) is 17.9. The van der Waals surface area contributed by atoms with Gasteiger partial charge in [0.25, 0.3) is 5.91 Å². The first kappa shape index (κ1) is 18.1. The summed E-state index contributed by atoms with van der Waals surface area (Å²) in [6.07, 6.45) is -4.55. The number of amides is 1. The van der Waals surface area contributed by atoms with E-state index in [0.29, 0.717) is 10.8 Å². The fourth-order valence-corrected chi connectivity index (χ4v) is 2.27. The van der Waals surface area contributed by atoms with Crippen molar-refractivity contribution in [3.63, 3.8) is 0 Å². The number of carbonyl (C=O) groups is 1. The van der Waals surface area contributed by atoms with Crippen LogP contribution in [0.2, 0.25) is 5.02 Å². The number of hydrogen-bond acceptors (Lipinski definition) is 2. The number of aryl methyl sites for hydroxylation is 2. The zero-order valence-corrected chi connectivity index (χ0v) is 13.8. The third kappa shape index (κ3) is 4.41. The first-order valence-electron chi connectivity index (χ1n) is 7.04. The minimum atomic E-state index is -4.55. The topological polar surface area (TPSA) is 38.3 Å². The van der Waals surface area contributed by atoms with Crippen LogP contribution in [0.15, 0.2) is 36.4 Å². The van der Waals surface area contributed by atoms with Gasteiger partial charge in [0.2, 0.25) is 0 Å². The molecule has 0 saturated carbocycles. The molecule has 24 heavy (non-hydrogen) atoms. The van der Waals surface area contributed by atoms with Crippen LogP contribution in [0.5, 0.6) is 5.75 Å². The highest BCUT2D eigenvalue weighted by atomic mass is 35.5. The van der Waals surface area contributed by atoms with E-state index in [1.165, 1.54) is 18.2 Å². The molecule has 1 amide bonds. The van der Waals surface area contributed by atoms with E-state index >= 15 is 0 Å². The summed E-state index contributed by atoms with van der Waals surface area (Å²) < 4.78 is 44.0. The van der Waals surface area contributed by atoms with Gasteiger partial charge in [-0.3, -0.25) is 4.79 Å². The van der Waals surface area contributed by atoms with Crippen molar-refractivity contribution >= 4 is 23.2 Å². The Morgan fingerprint density at radius 3 is 2.33 bits per heavy atom. The Hall–Kier alpha value is -2.21. The summed E-state index contributed by atoms with van der Waals surface area (Å²) in [4.78, 5) is 11.9. The third-order valence-electron chi connectivity index (χ3n) is 3.29. The van der Waals surface area contributed by atoms with Gasteiger partial charge in [0, 0.05) is 5.02 Å². The van der Waals surface area contributed by atoms with Crippen LogP contribution in [0.4, 0.5) is 18.9 Å². The molecule has 0 aliphatic heterocycles. The highest BCUT2D eigenvalue weighted by Crippen LogP contribution is 2.34. The lowest BCUT2D eigenvalue weighted by molar-refractivity contribution is -0.137. The van der Waals surface area contributed by atoms with Gasteiger partial charge >= 0.3 is 6.18 Å². The monoisotopic (exact) mass is 357 g/mol. The van der Waals surface area contributed by atoms with Crippen molar-refractivity contribution in [2.24, 2.45) is 0 Å². The number of ether oxygens (including phenoxy) is 1. The largest absolute Gasteiger partial charge is 0.484 e. The van der Waals surface area contributed by atoms with Crippen molar-refractivity contribution in [2.75, 3.05) is 11.9 Å². The molecule has 128 valence electrons. The van der Waals surface area contributed by atoms with Crippen LogP contribution in [-0.2, 0) is 11.0 Å². The predicted octanol–water partition coefficient (Wildman–Crippen LogP) is 4.99. The summed E-state index contributed by atoms with van der Waals surface area (Å²) in [6, 6.07) is 8.09. The molecule has 0 unspecified atom stereocenters. The zero-order valence-electron chi connectivity index (χ0n) is 13.0. The summed E-state index contributed by atoms with van der Waals surface area (Å²) in [6.45, 7) is 3.18. The van der Waals surface area contributed by atoms with E-state index in [4.69, 9.17) is 16.3 Å². The van der Waals surface area contributed by atoms with Gasteiger partial charge in [-0.15, -0.1) is 0 Å². The van der Waals surface area contributed by atoms with Gasteiger partial charge < -0.3 is 10.1 Å². The highest BCUT2D eigenvalue weighted by molar-refractivity contribution is 6.32. The predicted molar refractivity (Wildman–Crippen MR) is 86.5 cm³/mol. The molecule has 7 heteroatoms. The average Bonchev–Trinajstić information content (AvgIpc) is 2.50. The van der Waals surface area contributed by atoms with Crippen molar-refractivity contribution in [3.05, 3.63) is 58.1 Å². The second kappa shape index (κ2) is 7.13. The number of nitrogens with one attached hydrogen (secondary N) is 1. The Morgan fingerprint density at radius 2 is 1.75 bits per heavy atom. The van der Waals surface area contributed by atoms with Gasteiger partial charge in [-0.25, -0.2) is 0 Å². The van der Waals surface area contributed by atoms with E-state index in [-0.39, 0.29) is 5.69 Å². The van der Waals surface area contributed by atoms with Crippen LogP contribution in [0.25, 0.3) is 0 Å². The minimum absolute atomic E-state index is 0.304. The van der Waals surface area contributed by atoms with Crippen LogP contribution in [0.1, 0.15) is 16.7 Å². The second-order valence-electron chi connectivity index (χ2n) is 5.25. The Labute approximate surface area is 142 Å². The molecule has 2 aromatic rings. The number of hydrogen-bond donors (Lipinski definition) is 1. The van der Waals surface area contributed by atoms with E-state index < -0.39 is 24.3 Å². The minimum Gasteiger partial charge on any atom is -0.484 e. The molecular weight excluding hydrogens is 343 g/mol. The van der Waals surface area contributed by atoms with Crippen LogP contribution in [0.3, 0.4) is 0 Å². The van der Waals surface area contributed by atoms with Gasteiger partial charge in [0.05, 0.1) is 11.3 Å². The lowest BCUT2D eigenvalue weighted by Gasteiger charge is -2.14. The Bertz CT molecular complexity index is 737. The first-order chi connectivity index (χ1) is 11.2. The molecule has 2 rings (SSSR count). The molecule has 0 aliphatic carbocycles. The van der Waals surface area contributed by atoms with Crippen molar-refractivity contribution in [2.45, 2.75) is 20.0 Å². The molecule has 0 aliphatic rings. The molecule has 0 saturated heterocycles.